The Morgan fingerprint density at radius 1 is 0.250 bits per heavy atom. The maximum absolute atomic E-state index is 8.63. The number of hydrogen-bond donors (Lipinski definition) is 2. The Kier molecular flexibility index (Phi) is 10.9. The molecule has 0 aliphatic carbocycles. The fourth-order valence-corrected chi connectivity index (χ4v) is 3.25. The summed E-state index contributed by atoms with van der Waals surface area (Å²) < 4.78 is 0. The number of phenolic OH excluding ortho intramolecular Hbond substituents is 2. The molecular weight excluding hydrogens is 440 g/mol. The largest absolute Gasteiger partial charge is 0.508 e. The molecule has 0 aliphatic rings. The highest BCUT2D eigenvalue weighted by molar-refractivity contribution is 5.82. The van der Waals surface area contributed by atoms with E-state index in [1.807, 2.05) is 24.3 Å². The second-order valence-electron chi connectivity index (χ2n) is 7.75. The molecule has 0 unspecified atom stereocenters. The minimum Gasteiger partial charge on any atom is -0.508 e. The number of aromatic hydroxyl groups is 2. The van der Waals surface area contributed by atoms with Crippen molar-refractivity contribution in [3.8, 4) is 22.6 Å². The number of phenols is 2. The molecule has 0 spiro atoms. The molecule has 0 aromatic heterocycles. The molecule has 6 aromatic carbocycles. The third-order valence-electron chi connectivity index (χ3n) is 5.05. The number of para-hydroxylation sites is 2. The molecule has 0 bridgehead atoms. The number of benzene rings is 6. The first kappa shape index (κ1) is 25.8. The van der Waals surface area contributed by atoms with Crippen molar-refractivity contribution in [2.75, 3.05) is 0 Å². The van der Waals surface area contributed by atoms with Crippen LogP contribution in [0.2, 0.25) is 0 Å². The van der Waals surface area contributed by atoms with E-state index in [0.717, 1.165) is 0 Å². The molecule has 0 heterocycles. The Morgan fingerprint density at radius 2 is 0.472 bits per heavy atom. The summed E-state index contributed by atoms with van der Waals surface area (Å²) in [4.78, 5) is 0. The normalized spacial score (nSPS) is 9.33. The van der Waals surface area contributed by atoms with Gasteiger partial charge in [0.25, 0.3) is 0 Å². The summed E-state index contributed by atoms with van der Waals surface area (Å²) in [7, 11) is 0. The summed E-state index contributed by atoms with van der Waals surface area (Å²) in [6, 6.07) is 54.9. The topological polar surface area (TPSA) is 40.5 Å². The molecule has 0 aliphatic heterocycles. The summed E-state index contributed by atoms with van der Waals surface area (Å²) in [5.41, 5.74) is 2.55. The zero-order valence-electron chi connectivity index (χ0n) is 20.1. The van der Waals surface area contributed by atoms with Crippen molar-refractivity contribution in [3.63, 3.8) is 0 Å². The van der Waals surface area contributed by atoms with Crippen LogP contribution in [0, 0.1) is 0 Å². The van der Waals surface area contributed by atoms with E-state index in [0.29, 0.717) is 11.5 Å². The van der Waals surface area contributed by atoms with Crippen molar-refractivity contribution < 1.29 is 10.2 Å². The van der Waals surface area contributed by atoms with Gasteiger partial charge in [0.1, 0.15) is 11.5 Å². The summed E-state index contributed by atoms with van der Waals surface area (Å²) in [5, 5.41) is 19.9. The van der Waals surface area contributed by atoms with Crippen molar-refractivity contribution in [3.05, 3.63) is 170 Å². The minimum absolute atomic E-state index is 0.322. The van der Waals surface area contributed by atoms with Crippen LogP contribution in [0.25, 0.3) is 21.9 Å². The van der Waals surface area contributed by atoms with E-state index >= 15 is 0 Å². The van der Waals surface area contributed by atoms with Crippen LogP contribution in [0.3, 0.4) is 0 Å². The molecule has 36 heavy (non-hydrogen) atoms. The van der Waals surface area contributed by atoms with E-state index in [2.05, 4.69) is 97.1 Å². The van der Waals surface area contributed by atoms with Gasteiger partial charge in [-0.2, -0.15) is 0 Å². The van der Waals surface area contributed by atoms with Gasteiger partial charge in [-0.05, 0) is 46.2 Å². The van der Waals surface area contributed by atoms with Crippen molar-refractivity contribution in [2.45, 2.75) is 0 Å². The van der Waals surface area contributed by atoms with Gasteiger partial charge in [-0.3, -0.25) is 0 Å². The maximum atomic E-state index is 8.63. The van der Waals surface area contributed by atoms with Crippen LogP contribution >= 0.6 is 0 Å². The van der Waals surface area contributed by atoms with Crippen LogP contribution in [-0.2, 0) is 0 Å². The van der Waals surface area contributed by atoms with Crippen LogP contribution in [-0.4, -0.2) is 10.2 Å². The van der Waals surface area contributed by atoms with Crippen LogP contribution in [0.15, 0.2) is 170 Å². The molecule has 6 aromatic rings. The third kappa shape index (κ3) is 9.58. The van der Waals surface area contributed by atoms with Gasteiger partial charge in [0, 0.05) is 0 Å². The summed E-state index contributed by atoms with van der Waals surface area (Å²) >= 11 is 0. The highest BCUT2D eigenvalue weighted by Gasteiger charge is 1.91. The SMILES string of the molecule is Oc1ccccc1.Oc1ccccc1.c1ccc(-c2ccccc2)cc1.c1ccc2ccccc2c1. The third-order valence-corrected chi connectivity index (χ3v) is 5.05. The number of rotatable bonds is 1. The lowest BCUT2D eigenvalue weighted by Gasteiger charge is -1.98. The molecule has 0 saturated heterocycles. The first-order chi connectivity index (χ1) is 17.7. The van der Waals surface area contributed by atoms with Crippen molar-refractivity contribution >= 4 is 10.8 Å². The quantitative estimate of drug-likeness (QED) is 0.252. The van der Waals surface area contributed by atoms with E-state index in [4.69, 9.17) is 10.2 Å². The van der Waals surface area contributed by atoms with Gasteiger partial charge in [-0.1, -0.05) is 146 Å². The van der Waals surface area contributed by atoms with Gasteiger partial charge >= 0.3 is 0 Å². The standard InChI is InChI=1S/C12H10.C10H8.2C6H6O/c1-3-7-11(8-4-1)12-9-5-2-6-10-12;1-2-6-10-8-4-3-7-9(10)5-1;2*7-6-4-2-1-3-5-6/h1-10H;1-8H;2*1-5,7H. The molecule has 0 saturated carbocycles. The lowest BCUT2D eigenvalue weighted by molar-refractivity contribution is 0.475. The van der Waals surface area contributed by atoms with Gasteiger partial charge in [-0.25, -0.2) is 0 Å². The highest BCUT2D eigenvalue weighted by atomic mass is 16.3. The Labute approximate surface area is 213 Å². The van der Waals surface area contributed by atoms with Crippen LogP contribution in [0.4, 0.5) is 0 Å². The van der Waals surface area contributed by atoms with E-state index in [-0.39, 0.29) is 0 Å². The second kappa shape index (κ2) is 15.2. The molecule has 2 N–H and O–H groups in total. The summed E-state index contributed by atoms with van der Waals surface area (Å²) in [6.45, 7) is 0. The fraction of sp³-hybridized carbons (Fsp3) is 0. The summed E-state index contributed by atoms with van der Waals surface area (Å²) in [6.07, 6.45) is 0. The van der Waals surface area contributed by atoms with Gasteiger partial charge in [0.2, 0.25) is 0 Å². The van der Waals surface area contributed by atoms with Gasteiger partial charge in [0.05, 0.1) is 0 Å². The predicted molar refractivity (Wildman–Crippen MR) is 152 cm³/mol. The molecule has 2 nitrogen and oxygen atoms in total. The van der Waals surface area contributed by atoms with Crippen LogP contribution < -0.4 is 0 Å². The van der Waals surface area contributed by atoms with Gasteiger partial charge in [-0.15, -0.1) is 0 Å². The highest BCUT2D eigenvalue weighted by Crippen LogP contribution is 2.17. The molecule has 0 fully saturated rings. The van der Waals surface area contributed by atoms with E-state index in [1.54, 1.807) is 48.5 Å². The molecular formula is C34H30O2. The Balaban J connectivity index is 0.000000138. The monoisotopic (exact) mass is 470 g/mol. The first-order valence-electron chi connectivity index (χ1n) is 11.7. The maximum Gasteiger partial charge on any atom is 0.115 e. The van der Waals surface area contributed by atoms with E-state index in [1.165, 1.54) is 21.9 Å². The first-order valence-corrected chi connectivity index (χ1v) is 11.7. The lowest BCUT2D eigenvalue weighted by atomic mass is 10.1. The molecule has 0 radical (unpaired) electrons. The second-order valence-corrected chi connectivity index (χ2v) is 7.75. The molecule has 178 valence electrons. The van der Waals surface area contributed by atoms with Crippen molar-refractivity contribution in [1.82, 2.24) is 0 Å². The van der Waals surface area contributed by atoms with Gasteiger partial charge in [0.15, 0.2) is 0 Å². The Hall–Kier alpha value is -4.82. The zero-order chi connectivity index (χ0) is 25.3. The van der Waals surface area contributed by atoms with Gasteiger partial charge < -0.3 is 10.2 Å². The number of fused-ring (bicyclic) bond motifs is 1. The van der Waals surface area contributed by atoms with E-state index < -0.39 is 0 Å². The molecule has 6 rings (SSSR count). The fourth-order valence-electron chi connectivity index (χ4n) is 3.25. The molecule has 0 atom stereocenters. The zero-order valence-corrected chi connectivity index (χ0v) is 20.1. The average Bonchev–Trinajstić information content (AvgIpc) is 2.96. The average molecular weight is 471 g/mol. The smallest absolute Gasteiger partial charge is 0.115 e. The predicted octanol–water partition coefficient (Wildman–Crippen LogP) is 8.98. The van der Waals surface area contributed by atoms with Crippen LogP contribution in [0.5, 0.6) is 11.5 Å². The lowest BCUT2D eigenvalue weighted by Crippen LogP contribution is -1.73. The Bertz CT molecular complexity index is 1230. The Morgan fingerprint density at radius 3 is 0.694 bits per heavy atom. The molecule has 0 amide bonds. The molecule has 2 heteroatoms. The van der Waals surface area contributed by atoms with Crippen molar-refractivity contribution in [2.24, 2.45) is 0 Å². The minimum atomic E-state index is 0.322. The van der Waals surface area contributed by atoms with Crippen LogP contribution in [0.1, 0.15) is 0 Å². The number of hydrogen-bond acceptors (Lipinski definition) is 2. The van der Waals surface area contributed by atoms with E-state index in [9.17, 15) is 0 Å². The summed E-state index contributed by atoms with van der Waals surface area (Å²) in [5.74, 6) is 0.644. The van der Waals surface area contributed by atoms with Crippen molar-refractivity contribution in [1.29, 1.82) is 0 Å².